The molecule has 1 aromatic carbocycles. The molecule has 0 spiro atoms. The first-order chi connectivity index (χ1) is 14.5. The largest absolute Gasteiger partial charge is 0.467 e. The van der Waals surface area contributed by atoms with Crippen molar-refractivity contribution in [2.75, 3.05) is 33.6 Å². The van der Waals surface area contributed by atoms with Gasteiger partial charge in [0.05, 0.1) is 26.0 Å². The van der Waals surface area contributed by atoms with Crippen molar-refractivity contribution in [2.24, 2.45) is 0 Å². The SMILES string of the molecule is COCCN(CC(=O)N(Cc1ccc2c(c1)OCO2)Cc1ccco1)C(=O)C(C)Cl. The summed E-state index contributed by atoms with van der Waals surface area (Å²) in [4.78, 5) is 28.6. The molecule has 1 aliphatic rings. The van der Waals surface area contributed by atoms with Crippen molar-refractivity contribution in [3.8, 4) is 11.5 Å². The molecule has 1 aromatic heterocycles. The van der Waals surface area contributed by atoms with Crippen LogP contribution in [0.15, 0.2) is 41.0 Å². The highest BCUT2D eigenvalue weighted by Crippen LogP contribution is 2.33. The second kappa shape index (κ2) is 10.4. The lowest BCUT2D eigenvalue weighted by atomic mass is 10.2. The highest BCUT2D eigenvalue weighted by molar-refractivity contribution is 6.30. The van der Waals surface area contributed by atoms with E-state index in [9.17, 15) is 9.59 Å². The van der Waals surface area contributed by atoms with Crippen LogP contribution < -0.4 is 9.47 Å². The fourth-order valence-electron chi connectivity index (χ4n) is 3.07. The lowest BCUT2D eigenvalue weighted by Crippen LogP contribution is -2.45. The number of furan rings is 1. The summed E-state index contributed by atoms with van der Waals surface area (Å²) in [5.74, 6) is 1.42. The highest BCUT2D eigenvalue weighted by Gasteiger charge is 2.25. The van der Waals surface area contributed by atoms with Gasteiger partial charge in [-0.1, -0.05) is 6.07 Å². The van der Waals surface area contributed by atoms with Crippen molar-refractivity contribution in [2.45, 2.75) is 25.4 Å². The Morgan fingerprint density at radius 1 is 1.17 bits per heavy atom. The van der Waals surface area contributed by atoms with Gasteiger partial charge in [-0.3, -0.25) is 9.59 Å². The van der Waals surface area contributed by atoms with E-state index in [4.69, 9.17) is 30.2 Å². The van der Waals surface area contributed by atoms with Crippen LogP contribution in [0.4, 0.5) is 0 Å². The van der Waals surface area contributed by atoms with Gasteiger partial charge >= 0.3 is 0 Å². The number of fused-ring (bicyclic) bond motifs is 1. The Morgan fingerprint density at radius 2 is 1.97 bits per heavy atom. The average molecular weight is 437 g/mol. The third kappa shape index (κ3) is 5.67. The van der Waals surface area contributed by atoms with E-state index >= 15 is 0 Å². The van der Waals surface area contributed by atoms with Crippen LogP contribution in [0.1, 0.15) is 18.2 Å². The maximum Gasteiger partial charge on any atom is 0.242 e. The average Bonchev–Trinajstić information content (AvgIpc) is 3.41. The van der Waals surface area contributed by atoms with Gasteiger partial charge in [0.1, 0.15) is 11.1 Å². The number of alkyl halides is 1. The Bertz CT molecular complexity index is 855. The Hall–Kier alpha value is -2.71. The van der Waals surface area contributed by atoms with Gasteiger partial charge in [0, 0.05) is 20.2 Å². The van der Waals surface area contributed by atoms with E-state index in [1.807, 2.05) is 18.2 Å². The van der Waals surface area contributed by atoms with E-state index in [-0.39, 0.29) is 38.2 Å². The minimum atomic E-state index is -0.734. The number of hydrogen-bond donors (Lipinski definition) is 0. The van der Waals surface area contributed by atoms with Crippen molar-refractivity contribution in [1.29, 1.82) is 0 Å². The van der Waals surface area contributed by atoms with Crippen molar-refractivity contribution in [1.82, 2.24) is 9.80 Å². The Morgan fingerprint density at radius 3 is 2.67 bits per heavy atom. The molecule has 2 amide bonds. The quantitative estimate of drug-likeness (QED) is 0.532. The lowest BCUT2D eigenvalue weighted by Gasteiger charge is -2.28. The van der Waals surface area contributed by atoms with Crippen LogP contribution in [-0.2, 0) is 27.4 Å². The summed E-state index contributed by atoms with van der Waals surface area (Å²) in [6.07, 6.45) is 1.56. The van der Waals surface area contributed by atoms with Gasteiger partial charge in [-0.25, -0.2) is 0 Å². The monoisotopic (exact) mass is 436 g/mol. The molecule has 30 heavy (non-hydrogen) atoms. The molecular weight excluding hydrogens is 412 g/mol. The smallest absolute Gasteiger partial charge is 0.242 e. The topological polar surface area (TPSA) is 81.5 Å². The fourth-order valence-corrected chi connectivity index (χ4v) is 3.20. The zero-order valence-electron chi connectivity index (χ0n) is 17.0. The first kappa shape index (κ1) is 22.0. The minimum absolute atomic E-state index is 0.107. The second-order valence-corrected chi connectivity index (χ2v) is 7.54. The maximum atomic E-state index is 13.2. The number of ether oxygens (including phenoxy) is 3. The van der Waals surface area contributed by atoms with E-state index < -0.39 is 5.38 Å². The van der Waals surface area contributed by atoms with Gasteiger partial charge in [0.15, 0.2) is 11.5 Å². The van der Waals surface area contributed by atoms with Crippen molar-refractivity contribution >= 4 is 23.4 Å². The summed E-state index contributed by atoms with van der Waals surface area (Å²) >= 11 is 5.97. The predicted octanol–water partition coefficient (Wildman–Crippen LogP) is 2.64. The van der Waals surface area contributed by atoms with Gasteiger partial charge in [-0.2, -0.15) is 0 Å². The Balaban J connectivity index is 1.76. The summed E-state index contributed by atoms with van der Waals surface area (Å²) in [6, 6.07) is 9.11. The van der Waals surface area contributed by atoms with Crippen LogP contribution in [-0.4, -0.2) is 60.6 Å². The predicted molar refractivity (Wildman–Crippen MR) is 109 cm³/mol. The summed E-state index contributed by atoms with van der Waals surface area (Å²) in [5, 5.41) is -0.734. The van der Waals surface area contributed by atoms with Crippen molar-refractivity contribution in [3.63, 3.8) is 0 Å². The molecule has 0 aliphatic carbocycles. The number of carbonyl (C=O) groups is 2. The van der Waals surface area contributed by atoms with Crippen LogP contribution in [0, 0.1) is 0 Å². The lowest BCUT2D eigenvalue weighted by molar-refractivity contribution is -0.141. The number of halogens is 1. The minimum Gasteiger partial charge on any atom is -0.467 e. The first-order valence-electron chi connectivity index (χ1n) is 9.58. The number of carbonyl (C=O) groups excluding carboxylic acids is 2. The van der Waals surface area contributed by atoms with E-state index in [2.05, 4.69) is 0 Å². The molecule has 0 saturated carbocycles. The zero-order valence-corrected chi connectivity index (χ0v) is 17.8. The van der Waals surface area contributed by atoms with E-state index in [1.165, 1.54) is 12.0 Å². The normalized spacial score (nSPS) is 13.2. The van der Waals surface area contributed by atoms with Crippen LogP contribution in [0.25, 0.3) is 0 Å². The molecule has 8 nitrogen and oxygen atoms in total. The third-order valence-corrected chi connectivity index (χ3v) is 4.82. The molecule has 1 aliphatic heterocycles. The summed E-state index contributed by atoms with van der Waals surface area (Å²) in [6.45, 7) is 2.83. The van der Waals surface area contributed by atoms with Gasteiger partial charge in [0.25, 0.3) is 0 Å². The second-order valence-electron chi connectivity index (χ2n) is 6.89. The molecule has 0 radical (unpaired) electrons. The highest BCUT2D eigenvalue weighted by atomic mass is 35.5. The van der Waals surface area contributed by atoms with Gasteiger partial charge in [-0.15, -0.1) is 11.6 Å². The molecule has 2 aromatic rings. The first-order valence-corrected chi connectivity index (χ1v) is 10.0. The van der Waals surface area contributed by atoms with Crippen molar-refractivity contribution < 1.29 is 28.2 Å². The molecule has 1 unspecified atom stereocenters. The van der Waals surface area contributed by atoms with Crippen LogP contribution in [0.3, 0.4) is 0 Å². The molecule has 0 N–H and O–H groups in total. The standard InChI is InChI=1S/C21H25ClN2O6/c1-15(22)21(26)23(7-9-27-2)13-20(25)24(12-17-4-3-8-28-17)11-16-5-6-18-19(10-16)30-14-29-18/h3-6,8,10,15H,7,9,11-14H2,1-2H3. The molecule has 162 valence electrons. The molecular formula is C21H25ClN2O6. The van der Waals surface area contributed by atoms with Gasteiger partial charge in [-0.05, 0) is 36.8 Å². The molecule has 0 saturated heterocycles. The molecule has 2 heterocycles. The fraction of sp³-hybridized carbons (Fsp3) is 0.429. The molecule has 9 heteroatoms. The number of nitrogens with zero attached hydrogens (tertiary/aromatic N) is 2. The van der Waals surface area contributed by atoms with E-state index in [0.717, 1.165) is 5.56 Å². The number of amides is 2. The molecule has 3 rings (SSSR count). The number of benzene rings is 1. The Labute approximate surface area is 180 Å². The van der Waals surface area contributed by atoms with Crippen LogP contribution in [0.2, 0.25) is 0 Å². The number of methoxy groups -OCH3 is 1. The Kier molecular flexibility index (Phi) is 7.59. The summed E-state index contributed by atoms with van der Waals surface area (Å²) in [7, 11) is 1.54. The molecule has 0 fully saturated rings. The molecule has 0 bridgehead atoms. The van der Waals surface area contributed by atoms with E-state index in [0.29, 0.717) is 30.4 Å². The zero-order chi connectivity index (χ0) is 21.5. The van der Waals surface area contributed by atoms with E-state index in [1.54, 1.807) is 30.2 Å². The number of hydrogen-bond acceptors (Lipinski definition) is 6. The van der Waals surface area contributed by atoms with Crippen molar-refractivity contribution in [3.05, 3.63) is 47.9 Å². The van der Waals surface area contributed by atoms with Crippen LogP contribution in [0.5, 0.6) is 11.5 Å². The summed E-state index contributed by atoms with van der Waals surface area (Å²) in [5.41, 5.74) is 0.875. The third-order valence-electron chi connectivity index (χ3n) is 4.63. The summed E-state index contributed by atoms with van der Waals surface area (Å²) < 4.78 is 21.3. The van der Waals surface area contributed by atoms with Gasteiger partial charge < -0.3 is 28.4 Å². The molecule has 1 atom stereocenters. The van der Waals surface area contributed by atoms with Crippen LogP contribution >= 0.6 is 11.6 Å². The maximum absolute atomic E-state index is 13.2. The van der Waals surface area contributed by atoms with Gasteiger partial charge in [0.2, 0.25) is 18.6 Å². The number of rotatable bonds is 10.